The number of carbonyl (C=O) groups excluding carboxylic acids is 2. The van der Waals surface area contributed by atoms with Crippen molar-refractivity contribution in [1.82, 2.24) is 5.32 Å². The fourth-order valence-corrected chi connectivity index (χ4v) is 2.39. The van der Waals surface area contributed by atoms with Crippen molar-refractivity contribution in [2.24, 2.45) is 0 Å². The minimum atomic E-state index is -0.618. The summed E-state index contributed by atoms with van der Waals surface area (Å²) < 4.78 is 10.2. The van der Waals surface area contributed by atoms with Crippen LogP contribution in [-0.2, 0) is 20.9 Å². The molecule has 0 saturated heterocycles. The molecule has 0 unspecified atom stereocenters. The maximum absolute atomic E-state index is 12.5. The quantitative estimate of drug-likeness (QED) is 0.702. The smallest absolute Gasteiger partial charge is 0.407 e. The van der Waals surface area contributed by atoms with Crippen LogP contribution in [0.15, 0.2) is 60.7 Å². The van der Waals surface area contributed by atoms with Gasteiger partial charge in [-0.25, -0.2) is 4.79 Å². The molecule has 2 aromatic carbocycles. The van der Waals surface area contributed by atoms with Crippen molar-refractivity contribution in [1.29, 1.82) is 0 Å². The molecular formula is C20H24N2O4. The molecule has 0 bridgehead atoms. The van der Waals surface area contributed by atoms with E-state index >= 15 is 0 Å². The molecule has 0 radical (unpaired) electrons. The molecular weight excluding hydrogens is 332 g/mol. The summed E-state index contributed by atoms with van der Waals surface area (Å²) in [6.07, 6.45) is 0.0855. The Morgan fingerprint density at radius 2 is 1.65 bits per heavy atom. The van der Waals surface area contributed by atoms with E-state index in [1.807, 2.05) is 60.7 Å². The highest BCUT2D eigenvalue weighted by atomic mass is 16.5. The normalized spacial score (nSPS) is 10.2. The standard InChI is InChI=1S/C20H24N2O4/c1-25-14-8-13-22(18-11-6-3-7-12-18)19(23)15-21-20(24)26-16-17-9-4-2-5-10-17/h2-7,9-12H,8,13-16H2,1H3,(H,21,24). The van der Waals surface area contributed by atoms with Gasteiger partial charge in [-0.1, -0.05) is 48.5 Å². The Bertz CT molecular complexity index is 677. The second kappa shape index (κ2) is 10.9. The molecule has 0 aliphatic carbocycles. The number of rotatable bonds is 9. The molecule has 2 aromatic rings. The zero-order valence-corrected chi connectivity index (χ0v) is 14.9. The van der Waals surface area contributed by atoms with E-state index in [9.17, 15) is 9.59 Å². The monoisotopic (exact) mass is 356 g/mol. The van der Waals surface area contributed by atoms with Gasteiger partial charge in [0.05, 0.1) is 0 Å². The van der Waals surface area contributed by atoms with Crippen LogP contribution in [0.5, 0.6) is 0 Å². The summed E-state index contributed by atoms with van der Waals surface area (Å²) in [5.74, 6) is -0.205. The van der Waals surface area contributed by atoms with Gasteiger partial charge in [0, 0.05) is 25.9 Å². The predicted molar refractivity (Wildman–Crippen MR) is 99.9 cm³/mol. The topological polar surface area (TPSA) is 67.9 Å². The second-order valence-corrected chi connectivity index (χ2v) is 5.64. The highest BCUT2D eigenvalue weighted by Gasteiger charge is 2.16. The first kappa shape index (κ1) is 19.5. The van der Waals surface area contributed by atoms with Gasteiger partial charge in [-0.05, 0) is 24.1 Å². The van der Waals surface area contributed by atoms with E-state index in [-0.39, 0.29) is 19.1 Å². The van der Waals surface area contributed by atoms with Crippen LogP contribution in [0.25, 0.3) is 0 Å². The average molecular weight is 356 g/mol. The number of methoxy groups -OCH3 is 1. The molecule has 2 amide bonds. The summed E-state index contributed by atoms with van der Waals surface area (Å²) in [5, 5.41) is 2.51. The second-order valence-electron chi connectivity index (χ2n) is 5.64. The zero-order chi connectivity index (χ0) is 18.6. The number of hydrogen-bond donors (Lipinski definition) is 1. The fourth-order valence-electron chi connectivity index (χ4n) is 2.39. The van der Waals surface area contributed by atoms with Crippen LogP contribution in [0.2, 0.25) is 0 Å². The van der Waals surface area contributed by atoms with E-state index in [4.69, 9.17) is 9.47 Å². The molecule has 26 heavy (non-hydrogen) atoms. The van der Waals surface area contributed by atoms with Crippen LogP contribution in [0, 0.1) is 0 Å². The lowest BCUT2D eigenvalue weighted by Gasteiger charge is -2.23. The molecule has 0 saturated carbocycles. The largest absolute Gasteiger partial charge is 0.445 e. The molecule has 0 heterocycles. The number of amides is 2. The molecule has 0 aliphatic heterocycles. The number of alkyl carbamates (subject to hydrolysis) is 1. The Labute approximate surface area is 153 Å². The summed E-state index contributed by atoms with van der Waals surface area (Å²) in [7, 11) is 1.62. The number of nitrogens with zero attached hydrogens (tertiary/aromatic N) is 1. The van der Waals surface area contributed by atoms with Crippen LogP contribution in [0.1, 0.15) is 12.0 Å². The number of ether oxygens (including phenoxy) is 2. The van der Waals surface area contributed by atoms with Gasteiger partial charge in [0.2, 0.25) is 5.91 Å². The van der Waals surface area contributed by atoms with Crippen molar-refractivity contribution in [3.63, 3.8) is 0 Å². The van der Waals surface area contributed by atoms with Crippen molar-refractivity contribution in [2.75, 3.05) is 31.7 Å². The summed E-state index contributed by atoms with van der Waals surface area (Å²) in [6.45, 7) is 1.10. The molecule has 138 valence electrons. The number of hydrogen-bond acceptors (Lipinski definition) is 4. The third-order valence-corrected chi connectivity index (χ3v) is 3.70. The van der Waals surface area contributed by atoms with E-state index in [1.54, 1.807) is 12.0 Å². The number of nitrogens with one attached hydrogen (secondary N) is 1. The Balaban J connectivity index is 1.84. The first-order valence-corrected chi connectivity index (χ1v) is 8.49. The van der Waals surface area contributed by atoms with Crippen molar-refractivity contribution >= 4 is 17.7 Å². The van der Waals surface area contributed by atoms with E-state index < -0.39 is 6.09 Å². The Morgan fingerprint density at radius 1 is 1.00 bits per heavy atom. The Morgan fingerprint density at radius 3 is 2.31 bits per heavy atom. The minimum absolute atomic E-state index is 0.129. The van der Waals surface area contributed by atoms with Gasteiger partial charge in [-0.2, -0.15) is 0 Å². The van der Waals surface area contributed by atoms with Crippen LogP contribution in [0.4, 0.5) is 10.5 Å². The lowest BCUT2D eigenvalue weighted by atomic mass is 10.2. The first-order chi connectivity index (χ1) is 12.7. The van der Waals surface area contributed by atoms with Gasteiger partial charge in [0.1, 0.15) is 13.2 Å². The lowest BCUT2D eigenvalue weighted by Crippen LogP contribution is -2.41. The van der Waals surface area contributed by atoms with Crippen LogP contribution < -0.4 is 10.2 Å². The maximum atomic E-state index is 12.5. The molecule has 0 fully saturated rings. The Hall–Kier alpha value is -2.86. The van der Waals surface area contributed by atoms with Crippen LogP contribution in [0.3, 0.4) is 0 Å². The van der Waals surface area contributed by atoms with E-state index in [0.717, 1.165) is 11.3 Å². The molecule has 6 nitrogen and oxygen atoms in total. The zero-order valence-electron chi connectivity index (χ0n) is 14.9. The van der Waals surface area contributed by atoms with Crippen molar-refractivity contribution in [3.8, 4) is 0 Å². The first-order valence-electron chi connectivity index (χ1n) is 8.49. The predicted octanol–water partition coefficient (Wildman–Crippen LogP) is 2.98. The van der Waals surface area contributed by atoms with E-state index in [2.05, 4.69) is 5.32 Å². The van der Waals surface area contributed by atoms with Gasteiger partial charge in [0.15, 0.2) is 0 Å². The number of anilines is 1. The van der Waals surface area contributed by atoms with Crippen LogP contribution >= 0.6 is 0 Å². The van der Waals surface area contributed by atoms with Gasteiger partial charge >= 0.3 is 6.09 Å². The summed E-state index contributed by atoms with van der Waals surface area (Å²) >= 11 is 0. The third kappa shape index (κ3) is 6.57. The van der Waals surface area contributed by atoms with E-state index in [0.29, 0.717) is 19.6 Å². The van der Waals surface area contributed by atoms with Crippen molar-refractivity contribution in [2.45, 2.75) is 13.0 Å². The van der Waals surface area contributed by atoms with E-state index in [1.165, 1.54) is 0 Å². The molecule has 0 aromatic heterocycles. The minimum Gasteiger partial charge on any atom is -0.445 e. The molecule has 0 spiro atoms. The third-order valence-electron chi connectivity index (χ3n) is 3.70. The highest BCUT2D eigenvalue weighted by Crippen LogP contribution is 2.13. The number of para-hydroxylation sites is 1. The van der Waals surface area contributed by atoms with Crippen molar-refractivity contribution in [3.05, 3.63) is 66.2 Å². The summed E-state index contributed by atoms with van der Waals surface area (Å²) in [4.78, 5) is 26.0. The lowest BCUT2D eigenvalue weighted by molar-refractivity contribution is -0.117. The van der Waals surface area contributed by atoms with Crippen molar-refractivity contribution < 1.29 is 19.1 Å². The summed E-state index contributed by atoms with van der Waals surface area (Å²) in [5.41, 5.74) is 1.67. The van der Waals surface area contributed by atoms with Gasteiger partial charge in [-0.3, -0.25) is 4.79 Å². The average Bonchev–Trinajstić information content (AvgIpc) is 2.69. The number of benzene rings is 2. The highest BCUT2D eigenvalue weighted by molar-refractivity contribution is 5.96. The fraction of sp³-hybridized carbons (Fsp3) is 0.300. The number of carbonyl (C=O) groups is 2. The summed E-state index contributed by atoms with van der Waals surface area (Å²) in [6, 6.07) is 18.7. The molecule has 6 heteroatoms. The maximum Gasteiger partial charge on any atom is 0.407 e. The SMILES string of the molecule is COCCCN(C(=O)CNC(=O)OCc1ccccc1)c1ccccc1. The Kier molecular flexibility index (Phi) is 8.15. The van der Waals surface area contributed by atoms with Gasteiger partial charge in [-0.15, -0.1) is 0 Å². The molecule has 1 N–H and O–H groups in total. The molecule has 0 aliphatic rings. The molecule has 2 rings (SSSR count). The van der Waals surface area contributed by atoms with Crippen LogP contribution in [-0.4, -0.2) is 38.8 Å². The van der Waals surface area contributed by atoms with Gasteiger partial charge < -0.3 is 19.7 Å². The van der Waals surface area contributed by atoms with Gasteiger partial charge in [0.25, 0.3) is 0 Å². The molecule has 0 atom stereocenters.